The fraction of sp³-hybridized carbons (Fsp3) is 0.263. The molecule has 0 N–H and O–H groups in total. The van der Waals surface area contributed by atoms with Crippen LogP contribution in [0.25, 0.3) is 0 Å². The average Bonchev–Trinajstić information content (AvgIpc) is 2.65. The molecule has 0 aliphatic heterocycles. The molecule has 2 aromatic carbocycles. The fourth-order valence-electron chi connectivity index (χ4n) is 2.42. The van der Waals surface area contributed by atoms with E-state index in [0.717, 1.165) is 12.1 Å². The Labute approximate surface area is 165 Å². The minimum atomic E-state index is -6.26. The predicted octanol–water partition coefficient (Wildman–Crippen LogP) is 4.82. The second-order valence-electron chi connectivity index (χ2n) is 5.94. The zero-order valence-corrected chi connectivity index (χ0v) is 14.9. The van der Waals surface area contributed by atoms with Gasteiger partial charge in [0.1, 0.15) is 12.4 Å². The van der Waals surface area contributed by atoms with Crippen molar-refractivity contribution >= 4 is 5.97 Å². The van der Waals surface area contributed by atoms with Crippen LogP contribution in [0.2, 0.25) is 0 Å². The zero-order valence-electron chi connectivity index (χ0n) is 14.9. The van der Waals surface area contributed by atoms with Gasteiger partial charge >= 0.3 is 23.9 Å². The van der Waals surface area contributed by atoms with Crippen LogP contribution in [-0.4, -0.2) is 23.9 Å². The number of carbonyl (C=O) groups excluding carboxylic acids is 1. The number of nitrogens with zero attached hydrogens (tertiary/aromatic N) is 1. The molecule has 0 spiro atoms. The highest BCUT2D eigenvalue weighted by Crippen LogP contribution is 2.47. The number of esters is 1. The van der Waals surface area contributed by atoms with Gasteiger partial charge in [0, 0.05) is 0 Å². The first-order valence-corrected chi connectivity index (χ1v) is 8.09. The van der Waals surface area contributed by atoms with Crippen molar-refractivity contribution in [2.45, 2.75) is 31.2 Å². The molecule has 0 aliphatic carbocycles. The molecule has 160 valence electrons. The number of halogens is 7. The molecule has 0 bridgehead atoms. The maximum atomic E-state index is 13.5. The first-order valence-electron chi connectivity index (χ1n) is 8.09. The number of carbonyl (C=O) groups is 1. The van der Waals surface area contributed by atoms with Crippen molar-refractivity contribution in [3.63, 3.8) is 0 Å². The van der Waals surface area contributed by atoms with E-state index in [1.54, 1.807) is 0 Å². The Bertz CT molecular complexity index is 920. The van der Waals surface area contributed by atoms with Gasteiger partial charge in [-0.1, -0.05) is 30.3 Å². The van der Waals surface area contributed by atoms with Gasteiger partial charge in [-0.3, -0.25) is 0 Å². The summed E-state index contributed by atoms with van der Waals surface area (Å²) >= 11 is 0. The van der Waals surface area contributed by atoms with Crippen LogP contribution in [0.4, 0.5) is 30.7 Å². The molecule has 0 atom stereocenters. The van der Waals surface area contributed by atoms with E-state index in [1.165, 1.54) is 36.4 Å². The second kappa shape index (κ2) is 8.71. The van der Waals surface area contributed by atoms with Crippen LogP contribution in [0, 0.1) is 17.1 Å². The van der Waals surface area contributed by atoms with Crippen molar-refractivity contribution in [3.05, 3.63) is 71.0 Å². The number of nitriles is 1. The van der Waals surface area contributed by atoms with Crippen molar-refractivity contribution in [2.75, 3.05) is 0 Å². The van der Waals surface area contributed by atoms with Crippen LogP contribution < -0.4 is 0 Å². The number of ether oxygens (including phenoxy) is 2. The molecule has 30 heavy (non-hydrogen) atoms. The van der Waals surface area contributed by atoms with Gasteiger partial charge in [-0.25, -0.2) is 9.18 Å². The molecule has 2 rings (SSSR count). The lowest BCUT2D eigenvalue weighted by molar-refractivity contribution is -0.372. The molecule has 0 fully saturated rings. The third kappa shape index (κ3) is 4.71. The number of hydrogen-bond donors (Lipinski definition) is 0. The van der Waals surface area contributed by atoms with Gasteiger partial charge in [-0.15, -0.1) is 0 Å². The van der Waals surface area contributed by atoms with Crippen molar-refractivity contribution in [1.82, 2.24) is 0 Å². The molecular formula is C19H12F7NO3. The van der Waals surface area contributed by atoms with Crippen LogP contribution >= 0.6 is 0 Å². The van der Waals surface area contributed by atoms with Crippen molar-refractivity contribution in [1.29, 1.82) is 5.26 Å². The van der Waals surface area contributed by atoms with E-state index < -0.39 is 54.1 Å². The maximum absolute atomic E-state index is 13.5. The topological polar surface area (TPSA) is 59.3 Å². The predicted molar refractivity (Wildman–Crippen MR) is 87.0 cm³/mol. The number of benzene rings is 2. The minimum Gasteiger partial charge on any atom is -0.458 e. The lowest BCUT2D eigenvalue weighted by Gasteiger charge is -2.34. The summed E-state index contributed by atoms with van der Waals surface area (Å²) < 4.78 is 103. The Morgan fingerprint density at radius 1 is 0.933 bits per heavy atom. The number of alkyl halides is 6. The van der Waals surface area contributed by atoms with Gasteiger partial charge in [-0.05, 0) is 29.3 Å². The normalized spacial score (nSPS) is 12.3. The molecule has 0 unspecified atom stereocenters. The largest absolute Gasteiger partial charge is 0.458 e. The first-order chi connectivity index (χ1) is 13.9. The number of hydrogen-bond acceptors (Lipinski definition) is 4. The third-order valence-corrected chi connectivity index (χ3v) is 3.93. The molecule has 0 heterocycles. The van der Waals surface area contributed by atoms with Gasteiger partial charge in [0.25, 0.3) is 0 Å². The summed E-state index contributed by atoms with van der Waals surface area (Å²) in [6.07, 6.45) is -12.5. The summed E-state index contributed by atoms with van der Waals surface area (Å²) in [7, 11) is 0. The van der Waals surface area contributed by atoms with E-state index in [-0.39, 0.29) is 5.56 Å². The van der Waals surface area contributed by atoms with Gasteiger partial charge in [0.15, 0.2) is 0 Å². The number of rotatable bonds is 6. The Kier molecular flexibility index (Phi) is 6.72. The Morgan fingerprint density at radius 3 is 2.07 bits per heavy atom. The van der Waals surface area contributed by atoms with Crippen LogP contribution in [0.15, 0.2) is 48.5 Å². The molecule has 0 saturated heterocycles. The fourth-order valence-corrected chi connectivity index (χ4v) is 2.42. The minimum absolute atomic E-state index is 0.140. The standard InChI is InChI=1S/C19H12F7NO3/c20-15-7-6-13(9-27)14(8-15)11-30-17(18(21,22)23,19(24,25)26)16(28)29-10-12-4-2-1-3-5-12/h1-8H,10-11H2. The maximum Gasteiger partial charge on any atom is 0.437 e. The molecule has 2 aromatic rings. The average molecular weight is 435 g/mol. The SMILES string of the molecule is N#Cc1ccc(F)cc1COC(C(=O)OCc1ccccc1)(C(F)(F)F)C(F)(F)F. The molecule has 0 saturated carbocycles. The molecule has 4 nitrogen and oxygen atoms in total. The van der Waals surface area contributed by atoms with Gasteiger partial charge < -0.3 is 9.47 Å². The Balaban J connectivity index is 2.40. The van der Waals surface area contributed by atoms with E-state index in [1.807, 2.05) is 0 Å². The van der Waals surface area contributed by atoms with E-state index in [2.05, 4.69) is 9.47 Å². The summed E-state index contributed by atoms with van der Waals surface area (Å²) in [4.78, 5) is 12.0. The van der Waals surface area contributed by atoms with E-state index in [9.17, 15) is 35.5 Å². The lowest BCUT2D eigenvalue weighted by atomic mass is 10.0. The summed E-state index contributed by atoms with van der Waals surface area (Å²) in [6.45, 7) is -2.40. The third-order valence-electron chi connectivity index (χ3n) is 3.93. The summed E-state index contributed by atoms with van der Waals surface area (Å²) in [5.74, 6) is -3.76. The molecule has 0 radical (unpaired) electrons. The molecule has 0 amide bonds. The first kappa shape index (κ1) is 23.2. The highest BCUT2D eigenvalue weighted by Gasteiger charge is 2.78. The van der Waals surface area contributed by atoms with Crippen LogP contribution in [0.3, 0.4) is 0 Å². The zero-order chi connectivity index (χ0) is 22.6. The smallest absolute Gasteiger partial charge is 0.437 e. The van der Waals surface area contributed by atoms with E-state index in [4.69, 9.17) is 5.26 Å². The quantitative estimate of drug-likeness (QED) is 0.482. The molecular weight excluding hydrogens is 423 g/mol. The Hall–Kier alpha value is -3.13. The van der Waals surface area contributed by atoms with Crippen LogP contribution in [0.1, 0.15) is 16.7 Å². The van der Waals surface area contributed by atoms with Gasteiger partial charge in [-0.2, -0.15) is 31.6 Å². The highest BCUT2D eigenvalue weighted by molar-refractivity contribution is 5.82. The van der Waals surface area contributed by atoms with Crippen molar-refractivity contribution in [2.24, 2.45) is 0 Å². The molecule has 0 aromatic heterocycles. The molecule has 11 heteroatoms. The van der Waals surface area contributed by atoms with Crippen molar-refractivity contribution < 1.29 is 45.0 Å². The van der Waals surface area contributed by atoms with Crippen LogP contribution in [0.5, 0.6) is 0 Å². The van der Waals surface area contributed by atoms with Gasteiger partial charge in [0.2, 0.25) is 0 Å². The summed E-state index contributed by atoms with van der Waals surface area (Å²) in [5.41, 5.74) is -6.23. The Morgan fingerprint density at radius 2 is 1.53 bits per heavy atom. The van der Waals surface area contributed by atoms with E-state index >= 15 is 0 Å². The van der Waals surface area contributed by atoms with Crippen LogP contribution in [-0.2, 0) is 27.5 Å². The second-order valence-corrected chi connectivity index (χ2v) is 5.94. The van der Waals surface area contributed by atoms with E-state index in [0.29, 0.717) is 6.07 Å². The summed E-state index contributed by atoms with van der Waals surface area (Å²) in [5, 5.41) is 8.91. The molecule has 0 aliphatic rings. The lowest BCUT2D eigenvalue weighted by Crippen LogP contribution is -2.64. The summed E-state index contributed by atoms with van der Waals surface area (Å²) in [6, 6.07) is 10.7. The monoisotopic (exact) mass is 435 g/mol. The highest BCUT2D eigenvalue weighted by atomic mass is 19.4. The van der Waals surface area contributed by atoms with Crippen molar-refractivity contribution in [3.8, 4) is 6.07 Å². The van der Waals surface area contributed by atoms with Gasteiger partial charge in [0.05, 0.1) is 18.2 Å².